The number of rotatable bonds is 1. The Labute approximate surface area is 155 Å². The number of ether oxygens (including phenoxy) is 1. The van der Waals surface area contributed by atoms with Crippen LogP contribution in [0.3, 0.4) is 0 Å². The molecule has 0 radical (unpaired) electrons. The summed E-state index contributed by atoms with van der Waals surface area (Å²) in [6.45, 7) is 0. The van der Waals surface area contributed by atoms with Gasteiger partial charge in [-0.25, -0.2) is 0 Å². The van der Waals surface area contributed by atoms with E-state index in [4.69, 9.17) is 27.9 Å². The van der Waals surface area contributed by atoms with Crippen LogP contribution in [-0.4, -0.2) is 4.57 Å². The highest BCUT2D eigenvalue weighted by Gasteiger charge is 2.28. The average molecular weight is 366 g/mol. The lowest BCUT2D eigenvalue weighted by Crippen LogP contribution is -2.22. The number of aromatic nitrogens is 1. The lowest BCUT2D eigenvalue weighted by atomic mass is 10.1. The molecule has 1 aromatic heterocycles. The number of fused-ring (bicyclic) bond motifs is 5. The SMILES string of the molecule is Clc1ccc2c(c1)O[C@@H](c1ccccc1)n1c-2cc2cc(Cl)ccc21. The second kappa shape index (κ2) is 5.55. The summed E-state index contributed by atoms with van der Waals surface area (Å²) in [6, 6.07) is 24.1. The van der Waals surface area contributed by atoms with Gasteiger partial charge in [0.1, 0.15) is 5.75 Å². The summed E-state index contributed by atoms with van der Waals surface area (Å²) in [5.74, 6) is 0.794. The first-order chi connectivity index (χ1) is 12.2. The second-order valence-corrected chi connectivity index (χ2v) is 7.00. The molecule has 1 aliphatic rings. The zero-order valence-corrected chi connectivity index (χ0v) is 14.6. The van der Waals surface area contributed by atoms with Crippen LogP contribution >= 0.6 is 23.2 Å². The molecule has 1 atom stereocenters. The van der Waals surface area contributed by atoms with E-state index in [0.717, 1.165) is 38.5 Å². The molecular weight excluding hydrogens is 353 g/mol. The van der Waals surface area contributed by atoms with Gasteiger partial charge in [0.05, 0.1) is 11.2 Å². The van der Waals surface area contributed by atoms with Gasteiger partial charge in [0, 0.05) is 26.6 Å². The maximum Gasteiger partial charge on any atom is 0.203 e. The Balaban J connectivity index is 1.84. The van der Waals surface area contributed by atoms with Crippen molar-refractivity contribution in [1.82, 2.24) is 4.57 Å². The third kappa shape index (κ3) is 2.33. The Morgan fingerprint density at radius 1 is 0.800 bits per heavy atom. The number of halogens is 2. The molecule has 4 aromatic rings. The van der Waals surface area contributed by atoms with E-state index in [9.17, 15) is 0 Å². The fourth-order valence-electron chi connectivity index (χ4n) is 3.48. The van der Waals surface area contributed by atoms with Gasteiger partial charge in [-0.2, -0.15) is 0 Å². The largest absolute Gasteiger partial charge is 0.465 e. The van der Waals surface area contributed by atoms with E-state index in [2.05, 4.69) is 22.8 Å². The van der Waals surface area contributed by atoms with Gasteiger partial charge < -0.3 is 9.30 Å². The van der Waals surface area contributed by atoms with Crippen LogP contribution in [0.15, 0.2) is 72.8 Å². The molecule has 0 unspecified atom stereocenters. The van der Waals surface area contributed by atoms with Gasteiger partial charge in [0.25, 0.3) is 0 Å². The van der Waals surface area contributed by atoms with Crippen molar-refractivity contribution in [3.05, 3.63) is 88.4 Å². The highest BCUT2D eigenvalue weighted by atomic mass is 35.5. The molecule has 0 saturated heterocycles. The highest BCUT2D eigenvalue weighted by molar-refractivity contribution is 6.31. The molecule has 2 nitrogen and oxygen atoms in total. The molecule has 5 rings (SSSR count). The predicted octanol–water partition coefficient (Wildman–Crippen LogP) is 6.55. The van der Waals surface area contributed by atoms with Crippen LogP contribution in [-0.2, 0) is 0 Å². The molecule has 4 heteroatoms. The quantitative estimate of drug-likeness (QED) is 0.372. The summed E-state index contributed by atoms with van der Waals surface area (Å²) in [7, 11) is 0. The molecule has 0 amide bonds. The van der Waals surface area contributed by atoms with E-state index in [-0.39, 0.29) is 6.23 Å². The molecule has 0 aliphatic carbocycles. The van der Waals surface area contributed by atoms with Crippen molar-refractivity contribution < 1.29 is 4.74 Å². The van der Waals surface area contributed by atoms with Gasteiger partial charge in [-0.1, -0.05) is 53.5 Å². The Bertz CT molecular complexity index is 1100. The second-order valence-electron chi connectivity index (χ2n) is 6.12. The zero-order valence-electron chi connectivity index (χ0n) is 13.1. The Morgan fingerprint density at radius 3 is 2.40 bits per heavy atom. The van der Waals surface area contributed by atoms with Gasteiger partial charge in [-0.05, 0) is 42.5 Å². The highest BCUT2D eigenvalue weighted by Crippen LogP contribution is 2.45. The summed E-state index contributed by atoms with van der Waals surface area (Å²) >= 11 is 12.4. The zero-order chi connectivity index (χ0) is 17.0. The summed E-state index contributed by atoms with van der Waals surface area (Å²) < 4.78 is 8.59. The molecule has 0 spiro atoms. The van der Waals surface area contributed by atoms with E-state index >= 15 is 0 Å². The molecule has 0 N–H and O–H groups in total. The molecule has 0 bridgehead atoms. The van der Waals surface area contributed by atoms with Crippen molar-refractivity contribution in [2.75, 3.05) is 0 Å². The summed E-state index contributed by atoms with van der Waals surface area (Å²) in [4.78, 5) is 0. The van der Waals surface area contributed by atoms with Crippen molar-refractivity contribution in [2.45, 2.75) is 6.23 Å². The van der Waals surface area contributed by atoms with Crippen molar-refractivity contribution in [3.8, 4) is 17.0 Å². The predicted molar refractivity (Wildman–Crippen MR) is 103 cm³/mol. The van der Waals surface area contributed by atoms with Gasteiger partial charge in [-0.3, -0.25) is 0 Å². The first kappa shape index (κ1) is 14.9. The average Bonchev–Trinajstić information content (AvgIpc) is 3.00. The molecule has 2 heterocycles. The maximum absolute atomic E-state index is 6.37. The topological polar surface area (TPSA) is 14.2 Å². The molecule has 3 aromatic carbocycles. The Morgan fingerprint density at radius 2 is 1.56 bits per heavy atom. The summed E-state index contributed by atoms with van der Waals surface area (Å²) in [5, 5.41) is 2.48. The van der Waals surface area contributed by atoms with Gasteiger partial charge >= 0.3 is 0 Å². The molecule has 122 valence electrons. The van der Waals surface area contributed by atoms with E-state index in [1.807, 2.05) is 54.6 Å². The van der Waals surface area contributed by atoms with Gasteiger partial charge in [0.15, 0.2) is 0 Å². The smallest absolute Gasteiger partial charge is 0.203 e. The minimum absolute atomic E-state index is 0.249. The van der Waals surface area contributed by atoms with Crippen LogP contribution in [0.5, 0.6) is 5.75 Å². The van der Waals surface area contributed by atoms with E-state index in [1.165, 1.54) is 0 Å². The van der Waals surface area contributed by atoms with Gasteiger partial charge in [0.2, 0.25) is 6.23 Å². The Kier molecular flexibility index (Phi) is 3.30. The normalized spacial score (nSPS) is 15.5. The summed E-state index contributed by atoms with van der Waals surface area (Å²) in [5.41, 5.74) is 4.31. The van der Waals surface area contributed by atoms with Crippen LogP contribution in [0.4, 0.5) is 0 Å². The lowest BCUT2D eigenvalue weighted by Gasteiger charge is -2.30. The van der Waals surface area contributed by atoms with Crippen LogP contribution < -0.4 is 4.74 Å². The third-order valence-corrected chi connectivity index (χ3v) is 5.05. The maximum atomic E-state index is 6.37. The minimum Gasteiger partial charge on any atom is -0.465 e. The molecule has 0 fully saturated rings. The monoisotopic (exact) mass is 365 g/mol. The first-order valence-corrected chi connectivity index (χ1v) is 8.78. The number of hydrogen-bond donors (Lipinski definition) is 0. The van der Waals surface area contributed by atoms with Crippen molar-refractivity contribution in [2.24, 2.45) is 0 Å². The molecule has 0 saturated carbocycles. The van der Waals surface area contributed by atoms with Gasteiger partial charge in [-0.15, -0.1) is 0 Å². The fourth-order valence-corrected chi connectivity index (χ4v) is 3.82. The van der Waals surface area contributed by atoms with Crippen molar-refractivity contribution >= 4 is 34.1 Å². The molecule has 25 heavy (non-hydrogen) atoms. The van der Waals surface area contributed by atoms with Crippen LogP contribution in [0, 0.1) is 0 Å². The van der Waals surface area contributed by atoms with Crippen LogP contribution in [0.25, 0.3) is 22.2 Å². The van der Waals surface area contributed by atoms with E-state index in [1.54, 1.807) is 0 Å². The van der Waals surface area contributed by atoms with Crippen molar-refractivity contribution in [3.63, 3.8) is 0 Å². The Hall–Kier alpha value is -2.42. The third-order valence-electron chi connectivity index (χ3n) is 4.58. The van der Waals surface area contributed by atoms with E-state index < -0.39 is 0 Å². The van der Waals surface area contributed by atoms with E-state index in [0.29, 0.717) is 5.02 Å². The molecule has 1 aliphatic heterocycles. The molecular formula is C21H13Cl2NO. The van der Waals surface area contributed by atoms with Crippen LogP contribution in [0.2, 0.25) is 10.0 Å². The minimum atomic E-state index is -0.249. The first-order valence-electron chi connectivity index (χ1n) is 8.03. The number of nitrogens with zero attached hydrogens (tertiary/aromatic N) is 1. The standard InChI is InChI=1S/C21H13Cl2NO/c22-15-7-9-18-14(10-15)11-19-17-8-6-16(23)12-20(17)25-21(24(18)19)13-4-2-1-3-5-13/h1-12,21H/t21-/m0/s1. The van der Waals surface area contributed by atoms with Crippen LogP contribution in [0.1, 0.15) is 11.8 Å². The van der Waals surface area contributed by atoms with Crippen molar-refractivity contribution in [1.29, 1.82) is 0 Å². The number of hydrogen-bond acceptors (Lipinski definition) is 1. The lowest BCUT2D eigenvalue weighted by molar-refractivity contribution is 0.173. The fraction of sp³-hybridized carbons (Fsp3) is 0.0476. The summed E-state index contributed by atoms with van der Waals surface area (Å²) in [6.07, 6.45) is -0.249. The number of benzene rings is 3.